The lowest BCUT2D eigenvalue weighted by Gasteiger charge is -2.11. The summed E-state index contributed by atoms with van der Waals surface area (Å²) >= 11 is 0. The van der Waals surface area contributed by atoms with Crippen molar-refractivity contribution in [3.8, 4) is 11.3 Å². The molecule has 3 aromatic carbocycles. The minimum atomic E-state index is -0.620. The van der Waals surface area contributed by atoms with Crippen LogP contribution in [0.15, 0.2) is 84.9 Å². The Kier molecular flexibility index (Phi) is 7.47. The van der Waals surface area contributed by atoms with Gasteiger partial charge in [-0.15, -0.1) is 0 Å². The first-order valence-corrected chi connectivity index (χ1v) is 11.2. The number of nitrogens with zero attached hydrogens (tertiary/aromatic N) is 1. The number of ether oxygens (including phenoxy) is 2. The molecule has 1 heterocycles. The molecule has 1 amide bonds. The molecule has 0 aliphatic rings. The van der Waals surface area contributed by atoms with Crippen molar-refractivity contribution < 1.29 is 23.9 Å². The average Bonchev–Trinajstić information content (AvgIpc) is 2.90. The average molecular weight is 469 g/mol. The van der Waals surface area contributed by atoms with E-state index in [9.17, 15) is 14.4 Å². The molecule has 0 atom stereocenters. The third-order valence-corrected chi connectivity index (χ3v) is 5.18. The first-order valence-electron chi connectivity index (χ1n) is 11.2. The fraction of sp³-hybridized carbons (Fsp3) is 0.143. The molecule has 35 heavy (non-hydrogen) atoms. The Morgan fingerprint density at radius 3 is 2.29 bits per heavy atom. The topological polar surface area (TPSA) is 94.6 Å². The monoisotopic (exact) mass is 468 g/mol. The molecule has 1 N–H and O–H groups in total. The van der Waals surface area contributed by atoms with Crippen LogP contribution >= 0.6 is 0 Å². The minimum Gasteiger partial charge on any atom is -0.462 e. The highest BCUT2D eigenvalue weighted by molar-refractivity contribution is 6.05. The number of benzene rings is 3. The standard InChI is InChI=1S/C28H24N2O5/c1-2-16-34-27(32)20-12-14-21(15-13-20)29-26(31)18-35-28(33)23-17-25(19-8-4-3-5-9-19)30-24-11-7-6-10-22(23)24/h3-15,17H,2,16,18H2,1H3,(H,29,31). The Morgan fingerprint density at radius 1 is 0.829 bits per heavy atom. The maximum absolute atomic E-state index is 12.9. The highest BCUT2D eigenvalue weighted by atomic mass is 16.5. The summed E-state index contributed by atoms with van der Waals surface area (Å²) in [4.78, 5) is 41.8. The molecule has 1 aromatic heterocycles. The molecule has 176 valence electrons. The van der Waals surface area contributed by atoms with E-state index in [0.29, 0.717) is 40.0 Å². The molecule has 0 saturated carbocycles. The lowest BCUT2D eigenvalue weighted by molar-refractivity contribution is -0.119. The van der Waals surface area contributed by atoms with Crippen LogP contribution in [-0.4, -0.2) is 36.0 Å². The highest BCUT2D eigenvalue weighted by Crippen LogP contribution is 2.25. The summed E-state index contributed by atoms with van der Waals surface area (Å²) in [7, 11) is 0. The highest BCUT2D eigenvalue weighted by Gasteiger charge is 2.17. The van der Waals surface area contributed by atoms with Crippen molar-refractivity contribution in [2.24, 2.45) is 0 Å². The second kappa shape index (κ2) is 11.1. The number of carbonyl (C=O) groups excluding carboxylic acids is 3. The molecular formula is C28H24N2O5. The van der Waals surface area contributed by atoms with Crippen LogP contribution in [0.1, 0.15) is 34.1 Å². The first-order chi connectivity index (χ1) is 17.0. The Hall–Kier alpha value is -4.52. The molecular weight excluding hydrogens is 444 g/mol. The Balaban J connectivity index is 1.43. The van der Waals surface area contributed by atoms with Gasteiger partial charge in [-0.25, -0.2) is 14.6 Å². The lowest BCUT2D eigenvalue weighted by atomic mass is 10.0. The van der Waals surface area contributed by atoms with Gasteiger partial charge in [-0.2, -0.15) is 0 Å². The van der Waals surface area contributed by atoms with Gasteiger partial charge in [0.25, 0.3) is 5.91 Å². The van der Waals surface area contributed by atoms with Crippen LogP contribution in [0.5, 0.6) is 0 Å². The number of esters is 2. The summed E-state index contributed by atoms with van der Waals surface area (Å²) in [5.74, 6) is -1.54. The second-order valence-corrected chi connectivity index (χ2v) is 7.78. The minimum absolute atomic E-state index is 0.331. The molecule has 0 saturated heterocycles. The molecule has 0 radical (unpaired) electrons. The van der Waals surface area contributed by atoms with E-state index in [4.69, 9.17) is 9.47 Å². The van der Waals surface area contributed by atoms with Crippen molar-refractivity contribution in [2.75, 3.05) is 18.5 Å². The number of carbonyl (C=O) groups is 3. The number of aromatic nitrogens is 1. The van der Waals surface area contributed by atoms with Gasteiger partial charge in [-0.3, -0.25) is 4.79 Å². The van der Waals surface area contributed by atoms with E-state index in [0.717, 1.165) is 12.0 Å². The number of rotatable bonds is 8. The number of nitrogens with one attached hydrogen (secondary N) is 1. The van der Waals surface area contributed by atoms with E-state index in [1.165, 1.54) is 0 Å². The Bertz CT molecular complexity index is 1350. The van der Waals surface area contributed by atoms with Crippen LogP contribution in [0.3, 0.4) is 0 Å². The summed E-state index contributed by atoms with van der Waals surface area (Å²) in [6.45, 7) is 1.80. The Morgan fingerprint density at radius 2 is 1.54 bits per heavy atom. The van der Waals surface area contributed by atoms with E-state index in [1.54, 1.807) is 36.4 Å². The number of para-hydroxylation sites is 1. The normalized spacial score (nSPS) is 10.5. The molecule has 0 unspecified atom stereocenters. The van der Waals surface area contributed by atoms with E-state index in [-0.39, 0.29) is 0 Å². The van der Waals surface area contributed by atoms with Gasteiger partial charge >= 0.3 is 11.9 Å². The number of hydrogen-bond acceptors (Lipinski definition) is 6. The molecule has 0 aliphatic carbocycles. The molecule has 0 aliphatic heterocycles. The summed E-state index contributed by atoms with van der Waals surface area (Å²) in [6, 6.07) is 24.8. The fourth-order valence-electron chi connectivity index (χ4n) is 3.47. The number of amides is 1. The molecule has 7 nitrogen and oxygen atoms in total. The van der Waals surface area contributed by atoms with Crippen molar-refractivity contribution in [3.05, 3.63) is 96.1 Å². The molecule has 7 heteroatoms. The predicted molar refractivity (Wildman–Crippen MR) is 133 cm³/mol. The smallest absolute Gasteiger partial charge is 0.339 e. The van der Waals surface area contributed by atoms with Gasteiger partial charge in [-0.1, -0.05) is 55.5 Å². The van der Waals surface area contributed by atoms with Crippen LogP contribution in [0.4, 0.5) is 5.69 Å². The number of pyridine rings is 1. The van der Waals surface area contributed by atoms with Crippen molar-refractivity contribution >= 4 is 34.4 Å². The van der Waals surface area contributed by atoms with Gasteiger partial charge in [0.1, 0.15) is 0 Å². The maximum Gasteiger partial charge on any atom is 0.339 e. The Labute approximate surface area is 202 Å². The first kappa shape index (κ1) is 23.6. The molecule has 4 rings (SSSR count). The van der Waals surface area contributed by atoms with Crippen LogP contribution in [0.2, 0.25) is 0 Å². The number of hydrogen-bond donors (Lipinski definition) is 1. The second-order valence-electron chi connectivity index (χ2n) is 7.78. The zero-order chi connectivity index (χ0) is 24.6. The quantitative estimate of drug-likeness (QED) is 0.354. The van der Waals surface area contributed by atoms with Gasteiger partial charge < -0.3 is 14.8 Å². The number of fused-ring (bicyclic) bond motifs is 1. The summed E-state index contributed by atoms with van der Waals surface area (Å²) < 4.78 is 10.4. The predicted octanol–water partition coefficient (Wildman–Crippen LogP) is 5.26. The maximum atomic E-state index is 12.9. The molecule has 0 fully saturated rings. The van der Waals surface area contributed by atoms with Crippen molar-refractivity contribution in [2.45, 2.75) is 13.3 Å². The van der Waals surface area contributed by atoms with Crippen LogP contribution in [-0.2, 0) is 14.3 Å². The van der Waals surface area contributed by atoms with Gasteiger partial charge in [-0.05, 0) is 42.8 Å². The SMILES string of the molecule is CCCOC(=O)c1ccc(NC(=O)COC(=O)c2cc(-c3ccccc3)nc3ccccc23)cc1. The molecule has 0 bridgehead atoms. The number of anilines is 1. The van der Waals surface area contributed by atoms with Crippen LogP contribution in [0.25, 0.3) is 22.2 Å². The summed E-state index contributed by atoms with van der Waals surface area (Å²) in [6.07, 6.45) is 0.738. The van der Waals surface area contributed by atoms with E-state index >= 15 is 0 Å². The van der Waals surface area contributed by atoms with Gasteiger partial charge in [0.05, 0.1) is 28.9 Å². The van der Waals surface area contributed by atoms with Crippen molar-refractivity contribution in [1.82, 2.24) is 4.98 Å². The van der Waals surface area contributed by atoms with Gasteiger partial charge in [0, 0.05) is 16.6 Å². The van der Waals surface area contributed by atoms with Crippen LogP contribution < -0.4 is 5.32 Å². The van der Waals surface area contributed by atoms with Crippen molar-refractivity contribution in [1.29, 1.82) is 0 Å². The summed E-state index contributed by atoms with van der Waals surface area (Å²) in [5.41, 5.74) is 3.35. The van der Waals surface area contributed by atoms with Crippen LogP contribution in [0, 0.1) is 0 Å². The third-order valence-electron chi connectivity index (χ3n) is 5.18. The zero-order valence-corrected chi connectivity index (χ0v) is 19.2. The van der Waals surface area contributed by atoms with Gasteiger partial charge in [0.2, 0.25) is 0 Å². The van der Waals surface area contributed by atoms with Gasteiger partial charge in [0.15, 0.2) is 6.61 Å². The lowest BCUT2D eigenvalue weighted by Crippen LogP contribution is -2.21. The molecule has 0 spiro atoms. The van der Waals surface area contributed by atoms with E-state index in [1.807, 2.05) is 55.5 Å². The van der Waals surface area contributed by atoms with E-state index < -0.39 is 24.5 Å². The summed E-state index contributed by atoms with van der Waals surface area (Å²) in [5, 5.41) is 3.29. The largest absolute Gasteiger partial charge is 0.462 e. The zero-order valence-electron chi connectivity index (χ0n) is 19.2. The molecule has 4 aromatic rings. The van der Waals surface area contributed by atoms with E-state index in [2.05, 4.69) is 10.3 Å². The van der Waals surface area contributed by atoms with Crippen molar-refractivity contribution in [3.63, 3.8) is 0 Å². The third kappa shape index (κ3) is 5.89. The fourth-order valence-corrected chi connectivity index (χ4v) is 3.47.